The van der Waals surface area contributed by atoms with E-state index in [4.69, 9.17) is 0 Å². The van der Waals surface area contributed by atoms with Gasteiger partial charge in [0, 0.05) is 24.7 Å². The van der Waals surface area contributed by atoms with Gasteiger partial charge in [0.15, 0.2) is 9.84 Å². The Balaban J connectivity index is 1.73. The summed E-state index contributed by atoms with van der Waals surface area (Å²) in [6.45, 7) is 1.95. The predicted octanol–water partition coefficient (Wildman–Crippen LogP) is 5.00. The zero-order valence-corrected chi connectivity index (χ0v) is 18.8. The maximum atomic E-state index is 13.3. The van der Waals surface area contributed by atoms with Gasteiger partial charge >= 0.3 is 0 Å². The number of sulfone groups is 1. The Morgan fingerprint density at radius 1 is 0.909 bits per heavy atom. The molecule has 168 valence electrons. The first-order chi connectivity index (χ1) is 15.8. The van der Waals surface area contributed by atoms with Gasteiger partial charge < -0.3 is 10.6 Å². The average molecular weight is 464 g/mol. The van der Waals surface area contributed by atoms with Crippen molar-refractivity contribution in [3.63, 3.8) is 0 Å². The van der Waals surface area contributed by atoms with Crippen LogP contribution in [0, 0.1) is 5.82 Å². The Morgan fingerprint density at radius 2 is 1.67 bits per heavy atom. The minimum absolute atomic E-state index is 0.153. The quantitative estimate of drug-likeness (QED) is 0.398. The van der Waals surface area contributed by atoms with Crippen molar-refractivity contribution in [3.8, 4) is 11.1 Å². The van der Waals surface area contributed by atoms with E-state index in [1.54, 1.807) is 48.9 Å². The molecule has 0 unspecified atom stereocenters. The first-order valence-corrected chi connectivity index (χ1v) is 12.0. The first kappa shape index (κ1) is 22.3. The standard InChI is InChI=1S/C24H22FN5O2S/c1-16(17-6-8-20(25)9-7-17)28-22-13-19(18-4-3-5-21(12-18)33(2,31)32)14-23(29-22)30-24-15-26-10-11-27-24/h3-16H,1-2H3,(H2,27,28,29,30)/t16-/m0/s1. The topological polar surface area (TPSA) is 96.9 Å². The molecule has 0 aliphatic carbocycles. The molecular weight excluding hydrogens is 441 g/mol. The number of hydrogen-bond acceptors (Lipinski definition) is 7. The summed E-state index contributed by atoms with van der Waals surface area (Å²) in [6.07, 6.45) is 5.89. The van der Waals surface area contributed by atoms with Gasteiger partial charge in [0.25, 0.3) is 0 Å². The minimum Gasteiger partial charge on any atom is -0.363 e. The van der Waals surface area contributed by atoms with Crippen LogP contribution in [0.5, 0.6) is 0 Å². The molecule has 0 saturated heterocycles. The van der Waals surface area contributed by atoms with Crippen molar-refractivity contribution in [3.05, 3.63) is 90.6 Å². The van der Waals surface area contributed by atoms with Gasteiger partial charge in [-0.05, 0) is 60.0 Å². The molecule has 4 aromatic rings. The Bertz CT molecular complexity index is 1360. The summed E-state index contributed by atoms with van der Waals surface area (Å²) in [5.41, 5.74) is 2.38. The van der Waals surface area contributed by atoms with Crippen LogP contribution in [0.4, 0.5) is 21.8 Å². The smallest absolute Gasteiger partial charge is 0.175 e. The molecule has 4 rings (SSSR count). The van der Waals surface area contributed by atoms with Crippen molar-refractivity contribution in [2.75, 3.05) is 16.9 Å². The van der Waals surface area contributed by atoms with Gasteiger partial charge in [0.1, 0.15) is 23.3 Å². The number of hydrogen-bond donors (Lipinski definition) is 2. The molecule has 0 amide bonds. The molecule has 2 aromatic carbocycles. The molecule has 2 heterocycles. The van der Waals surface area contributed by atoms with E-state index in [1.165, 1.54) is 18.4 Å². The minimum atomic E-state index is -3.36. The third-order valence-electron chi connectivity index (χ3n) is 4.97. The number of benzene rings is 2. The third-order valence-corrected chi connectivity index (χ3v) is 6.08. The van der Waals surface area contributed by atoms with E-state index in [0.29, 0.717) is 17.5 Å². The molecule has 0 aliphatic heterocycles. The van der Waals surface area contributed by atoms with Crippen LogP contribution in [0.15, 0.2) is 84.1 Å². The monoisotopic (exact) mass is 463 g/mol. The average Bonchev–Trinajstić information content (AvgIpc) is 2.79. The SMILES string of the molecule is C[C@H](Nc1cc(-c2cccc(S(C)(=O)=O)c2)cc(Nc2cnccn2)n1)c1ccc(F)cc1. The van der Waals surface area contributed by atoms with Crippen molar-refractivity contribution in [2.24, 2.45) is 0 Å². The maximum absolute atomic E-state index is 13.3. The van der Waals surface area contributed by atoms with E-state index in [0.717, 1.165) is 16.7 Å². The summed E-state index contributed by atoms with van der Waals surface area (Å²) < 4.78 is 37.4. The molecular formula is C24H22FN5O2S. The van der Waals surface area contributed by atoms with Crippen LogP contribution < -0.4 is 10.6 Å². The summed E-state index contributed by atoms with van der Waals surface area (Å²) >= 11 is 0. The molecule has 2 N–H and O–H groups in total. The lowest BCUT2D eigenvalue weighted by molar-refractivity contribution is 0.602. The molecule has 1 atom stereocenters. The largest absolute Gasteiger partial charge is 0.363 e. The number of pyridine rings is 1. The third kappa shape index (κ3) is 5.69. The van der Waals surface area contributed by atoms with Crippen molar-refractivity contribution in [1.29, 1.82) is 0 Å². The summed E-state index contributed by atoms with van der Waals surface area (Å²) in [5, 5.41) is 6.46. The second-order valence-corrected chi connectivity index (χ2v) is 9.58. The van der Waals surface area contributed by atoms with E-state index in [9.17, 15) is 12.8 Å². The Morgan fingerprint density at radius 3 is 2.36 bits per heavy atom. The fraction of sp³-hybridized carbons (Fsp3) is 0.125. The summed E-state index contributed by atoms with van der Waals surface area (Å²) in [6, 6.07) is 16.5. The van der Waals surface area contributed by atoms with E-state index in [1.807, 2.05) is 25.1 Å². The highest BCUT2D eigenvalue weighted by atomic mass is 32.2. The molecule has 0 radical (unpaired) electrons. The van der Waals surface area contributed by atoms with Crippen LogP contribution in [0.1, 0.15) is 18.5 Å². The van der Waals surface area contributed by atoms with Gasteiger partial charge in [-0.1, -0.05) is 24.3 Å². The fourth-order valence-corrected chi connectivity index (χ4v) is 3.96. The Labute approximate surface area is 191 Å². The molecule has 0 fully saturated rings. The van der Waals surface area contributed by atoms with E-state index < -0.39 is 9.84 Å². The highest BCUT2D eigenvalue weighted by molar-refractivity contribution is 7.90. The second-order valence-electron chi connectivity index (χ2n) is 7.56. The second kappa shape index (κ2) is 9.33. The van der Waals surface area contributed by atoms with Gasteiger partial charge in [0.05, 0.1) is 11.1 Å². The van der Waals surface area contributed by atoms with Gasteiger partial charge in [-0.3, -0.25) is 4.98 Å². The summed E-state index contributed by atoms with van der Waals surface area (Å²) in [5.74, 6) is 1.28. The van der Waals surface area contributed by atoms with E-state index in [2.05, 4.69) is 25.6 Å². The van der Waals surface area contributed by atoms with Crippen LogP contribution in [-0.4, -0.2) is 29.6 Å². The first-order valence-electron chi connectivity index (χ1n) is 10.2. The number of rotatable bonds is 7. The van der Waals surface area contributed by atoms with Crippen molar-refractivity contribution < 1.29 is 12.8 Å². The van der Waals surface area contributed by atoms with E-state index in [-0.39, 0.29) is 16.8 Å². The van der Waals surface area contributed by atoms with Crippen LogP contribution in [0.2, 0.25) is 0 Å². The summed E-state index contributed by atoms with van der Waals surface area (Å²) in [7, 11) is -3.36. The molecule has 0 aliphatic rings. The molecule has 2 aromatic heterocycles. The number of aromatic nitrogens is 3. The molecule has 0 bridgehead atoms. The molecule has 0 saturated carbocycles. The number of halogens is 1. The van der Waals surface area contributed by atoms with Crippen molar-refractivity contribution in [1.82, 2.24) is 15.0 Å². The normalized spacial score (nSPS) is 12.2. The van der Waals surface area contributed by atoms with E-state index >= 15 is 0 Å². The van der Waals surface area contributed by atoms with Crippen LogP contribution in [0.25, 0.3) is 11.1 Å². The predicted molar refractivity (Wildman–Crippen MR) is 127 cm³/mol. The Kier molecular flexibility index (Phi) is 6.32. The lowest BCUT2D eigenvalue weighted by atomic mass is 10.1. The maximum Gasteiger partial charge on any atom is 0.175 e. The lowest BCUT2D eigenvalue weighted by Gasteiger charge is -2.17. The molecule has 0 spiro atoms. The van der Waals surface area contributed by atoms with Gasteiger partial charge in [-0.25, -0.2) is 22.8 Å². The lowest BCUT2D eigenvalue weighted by Crippen LogP contribution is -2.09. The number of nitrogens with zero attached hydrogens (tertiary/aromatic N) is 3. The van der Waals surface area contributed by atoms with Crippen LogP contribution in [-0.2, 0) is 9.84 Å². The number of nitrogens with one attached hydrogen (secondary N) is 2. The highest BCUT2D eigenvalue weighted by Gasteiger charge is 2.13. The zero-order chi connectivity index (χ0) is 23.4. The molecule has 7 nitrogen and oxygen atoms in total. The van der Waals surface area contributed by atoms with Gasteiger partial charge in [-0.15, -0.1) is 0 Å². The van der Waals surface area contributed by atoms with Gasteiger partial charge in [-0.2, -0.15) is 0 Å². The Hall–Kier alpha value is -3.85. The zero-order valence-electron chi connectivity index (χ0n) is 18.0. The fourth-order valence-electron chi connectivity index (χ4n) is 3.29. The molecule has 33 heavy (non-hydrogen) atoms. The van der Waals surface area contributed by atoms with Crippen molar-refractivity contribution in [2.45, 2.75) is 17.9 Å². The molecule has 9 heteroatoms. The van der Waals surface area contributed by atoms with Crippen LogP contribution >= 0.6 is 0 Å². The van der Waals surface area contributed by atoms with Crippen LogP contribution in [0.3, 0.4) is 0 Å². The number of anilines is 3. The van der Waals surface area contributed by atoms with Gasteiger partial charge in [0.2, 0.25) is 0 Å². The van der Waals surface area contributed by atoms with Crippen molar-refractivity contribution >= 4 is 27.3 Å². The summed E-state index contributed by atoms with van der Waals surface area (Å²) in [4.78, 5) is 13.1. The highest BCUT2D eigenvalue weighted by Crippen LogP contribution is 2.29.